The number of nitrogens with zero attached hydrogens (tertiary/aromatic N) is 1. The van der Waals surface area contributed by atoms with Crippen LogP contribution in [-0.4, -0.2) is 95.4 Å². The second kappa shape index (κ2) is 16.9. The standard InChI is InChI=1S/C46H60N2O12/c1-22-16-19-48(20-17-22)35-34-37(51)32-31(38(35)52)33-42(26(5)36(32)50)60-46(11,43(33)53)56-21-18-30(55-12)25(4)40(57-29(8)49)28(7)41-27(6)39(58-45(9,10)59-41)23(2)14-13-15-24(3)44(54)47-34/h13-15,18,21-23,25,27-28,30,39-41,50H,16-17,19-20H2,1-12H3,(H,47,54)/b14-13+,21-18+,24-15-/t23-,25+,27+,28+,30-,39-,40+,41+,46-/m0/s1. The van der Waals surface area contributed by atoms with Crippen molar-refractivity contribution in [3.05, 3.63) is 69.8 Å². The van der Waals surface area contributed by atoms with Gasteiger partial charge in [0.1, 0.15) is 29.0 Å². The number of rotatable bonds is 3. The maximum atomic E-state index is 14.9. The molecule has 0 aromatic heterocycles. The topological polar surface area (TPSA) is 176 Å². The molecule has 1 aliphatic carbocycles. The number of fused-ring (bicyclic) bond motifs is 10. The summed E-state index contributed by atoms with van der Waals surface area (Å²) in [6.07, 6.45) is 7.42. The highest BCUT2D eigenvalue weighted by Crippen LogP contribution is 2.49. The Morgan fingerprint density at radius 3 is 2.17 bits per heavy atom. The quantitative estimate of drug-likeness (QED) is 0.317. The van der Waals surface area contributed by atoms with Crippen LogP contribution < -0.4 is 10.1 Å². The number of hydrogen-bond acceptors (Lipinski definition) is 13. The number of nitrogens with one attached hydrogen (secondary N) is 1. The van der Waals surface area contributed by atoms with Crippen LogP contribution in [0, 0.1) is 36.5 Å². The van der Waals surface area contributed by atoms with Gasteiger partial charge in [0.15, 0.2) is 5.79 Å². The molecule has 14 nitrogen and oxygen atoms in total. The maximum Gasteiger partial charge on any atom is 0.312 e. The van der Waals surface area contributed by atoms with Crippen LogP contribution >= 0.6 is 0 Å². The third kappa shape index (κ3) is 8.17. The van der Waals surface area contributed by atoms with E-state index < -0.39 is 76.3 Å². The minimum atomic E-state index is -2.02. The number of esters is 1. The van der Waals surface area contributed by atoms with Crippen LogP contribution in [0.4, 0.5) is 0 Å². The van der Waals surface area contributed by atoms with Crippen LogP contribution in [0.3, 0.4) is 0 Å². The number of allylic oxidation sites excluding steroid dienone is 4. The van der Waals surface area contributed by atoms with Gasteiger partial charge in [-0.3, -0.25) is 24.0 Å². The maximum absolute atomic E-state index is 14.9. The predicted molar refractivity (Wildman–Crippen MR) is 220 cm³/mol. The number of carbonyl (C=O) groups is 5. The average molecular weight is 833 g/mol. The summed E-state index contributed by atoms with van der Waals surface area (Å²) in [6, 6.07) is 0. The number of likely N-dealkylation sites (tertiary alicyclic amines) is 1. The van der Waals surface area contributed by atoms with E-state index in [1.807, 2.05) is 47.6 Å². The van der Waals surface area contributed by atoms with Gasteiger partial charge in [0.05, 0.1) is 41.3 Å². The van der Waals surface area contributed by atoms with Crippen molar-refractivity contribution in [2.75, 3.05) is 20.2 Å². The molecule has 0 unspecified atom stereocenters. The van der Waals surface area contributed by atoms with E-state index in [9.17, 15) is 29.1 Å². The summed E-state index contributed by atoms with van der Waals surface area (Å²) in [6.45, 7) is 20.3. The number of piperidine rings is 1. The van der Waals surface area contributed by atoms with Gasteiger partial charge in [0.25, 0.3) is 11.7 Å². The number of phenols is 1. The molecule has 0 saturated carbocycles. The molecule has 1 aromatic carbocycles. The third-order valence-electron chi connectivity index (χ3n) is 12.8. The monoisotopic (exact) mass is 832 g/mol. The van der Waals surface area contributed by atoms with E-state index >= 15 is 0 Å². The van der Waals surface area contributed by atoms with E-state index in [1.165, 1.54) is 34.1 Å². The largest absolute Gasteiger partial charge is 0.507 e. The van der Waals surface area contributed by atoms with Gasteiger partial charge >= 0.3 is 11.8 Å². The minimum absolute atomic E-state index is 0.0479. The molecule has 0 spiro atoms. The summed E-state index contributed by atoms with van der Waals surface area (Å²) >= 11 is 0. The van der Waals surface area contributed by atoms with Crippen molar-refractivity contribution in [3.8, 4) is 11.5 Å². The summed E-state index contributed by atoms with van der Waals surface area (Å²) in [7, 11) is 1.51. The lowest BCUT2D eigenvalue weighted by Gasteiger charge is -2.50. The van der Waals surface area contributed by atoms with Gasteiger partial charge in [-0.2, -0.15) is 0 Å². The first kappa shape index (κ1) is 44.8. The van der Waals surface area contributed by atoms with E-state index in [2.05, 4.69) is 12.2 Å². The number of ether oxygens (including phenoxy) is 6. The first-order valence-electron chi connectivity index (χ1n) is 20.9. The van der Waals surface area contributed by atoms with Gasteiger partial charge < -0.3 is 43.7 Å². The molecule has 7 rings (SSSR count). The predicted octanol–water partition coefficient (Wildman–Crippen LogP) is 6.49. The fourth-order valence-corrected chi connectivity index (χ4v) is 9.30. The van der Waals surface area contributed by atoms with Crippen LogP contribution in [0.15, 0.2) is 47.5 Å². The van der Waals surface area contributed by atoms with E-state index in [1.54, 1.807) is 30.1 Å². The summed E-state index contributed by atoms with van der Waals surface area (Å²) in [5.74, 6) is -7.83. The lowest BCUT2D eigenvalue weighted by Crippen LogP contribution is -2.56. The second-order valence-corrected chi connectivity index (χ2v) is 17.8. The zero-order valence-electron chi connectivity index (χ0n) is 36.8. The molecule has 5 heterocycles. The van der Waals surface area contributed by atoms with E-state index in [4.69, 9.17) is 28.4 Å². The molecule has 0 radical (unpaired) electrons. The summed E-state index contributed by atoms with van der Waals surface area (Å²) in [5, 5.41) is 14.3. The Labute approximate surface area is 352 Å². The number of methoxy groups -OCH3 is 1. The highest BCUT2D eigenvalue weighted by Gasteiger charge is 2.54. The van der Waals surface area contributed by atoms with Crippen LogP contribution in [0.1, 0.15) is 119 Å². The number of benzene rings is 1. The van der Waals surface area contributed by atoms with Crippen LogP contribution in [-0.2, 0) is 33.3 Å². The molecule has 326 valence electrons. The van der Waals surface area contributed by atoms with Crippen molar-refractivity contribution >= 4 is 29.2 Å². The summed E-state index contributed by atoms with van der Waals surface area (Å²) in [4.78, 5) is 72.3. The zero-order valence-corrected chi connectivity index (χ0v) is 36.8. The fraction of sp³-hybridized carbons (Fsp3) is 0.587. The van der Waals surface area contributed by atoms with Crippen molar-refractivity contribution in [2.45, 2.75) is 125 Å². The molecule has 9 atom stereocenters. The minimum Gasteiger partial charge on any atom is -0.507 e. The van der Waals surface area contributed by atoms with E-state index in [0.717, 1.165) is 12.8 Å². The van der Waals surface area contributed by atoms with Crippen LogP contribution in [0.25, 0.3) is 0 Å². The average Bonchev–Trinajstić information content (AvgIpc) is 3.45. The van der Waals surface area contributed by atoms with Crippen molar-refractivity contribution in [3.63, 3.8) is 0 Å². The van der Waals surface area contributed by atoms with Crippen molar-refractivity contribution in [1.29, 1.82) is 0 Å². The number of amides is 1. The van der Waals surface area contributed by atoms with E-state index in [0.29, 0.717) is 19.0 Å². The Morgan fingerprint density at radius 2 is 1.53 bits per heavy atom. The smallest absolute Gasteiger partial charge is 0.312 e. The molecule has 1 amide bonds. The summed E-state index contributed by atoms with van der Waals surface area (Å²) < 4.78 is 37.2. The van der Waals surface area contributed by atoms with Crippen molar-refractivity contribution < 1.29 is 57.5 Å². The number of carbonyl (C=O) groups excluding carboxylic acids is 5. The Balaban J connectivity index is 1.50. The number of phenolic OH excluding ortho intramolecular Hbond substituents is 1. The molecule has 2 N–H and O–H groups in total. The molecular formula is C46H60N2O12. The first-order chi connectivity index (χ1) is 28.1. The molecule has 2 fully saturated rings. The lowest BCUT2D eigenvalue weighted by atomic mass is 9.77. The Bertz CT molecular complexity index is 2070. The number of hydrogen-bond donors (Lipinski definition) is 2. The highest BCUT2D eigenvalue weighted by atomic mass is 16.7. The van der Waals surface area contributed by atoms with Crippen LogP contribution in [0.2, 0.25) is 0 Å². The number of Topliss-reactive ketones (excluding diaryl/α,β-unsaturated/α-hetero) is 3. The highest BCUT2D eigenvalue weighted by molar-refractivity contribution is 6.32. The molecule has 14 heteroatoms. The molecule has 5 aliphatic heterocycles. The number of aromatic hydroxyl groups is 1. The molecule has 6 aliphatic rings. The van der Waals surface area contributed by atoms with Gasteiger partial charge in [-0.15, -0.1) is 0 Å². The normalized spacial score (nSPS) is 34.6. The molecular weight excluding hydrogens is 773 g/mol. The SMILES string of the molecule is CO[C@H]1/C=C/O[C@@]2(C)Oc3c(C)c(O)c4c(c3C2=O)C(=O)C(N2CCC(C)CC2)=C(NC(=O)/C(C)=C\C=C\[C@H](C)[C@@H]2OC(C)(C)O[C@@H]([C@H](C)[C@H](OC(C)=O)[C@@H]1C)[C@@H]2C)C4=O. The Kier molecular flexibility index (Phi) is 12.6. The second-order valence-electron chi connectivity index (χ2n) is 17.8. The molecule has 2 saturated heterocycles. The fourth-order valence-electron chi connectivity index (χ4n) is 9.30. The third-order valence-corrected chi connectivity index (χ3v) is 12.8. The van der Waals surface area contributed by atoms with Crippen LogP contribution in [0.5, 0.6) is 11.5 Å². The Morgan fingerprint density at radius 1 is 0.883 bits per heavy atom. The van der Waals surface area contributed by atoms with Gasteiger partial charge in [0, 0.05) is 68.9 Å². The zero-order chi connectivity index (χ0) is 44.2. The van der Waals surface area contributed by atoms with Gasteiger partial charge in [-0.25, -0.2) is 0 Å². The molecule has 7 bridgehead atoms. The summed E-state index contributed by atoms with van der Waals surface area (Å²) in [5.41, 5.74) is -0.926. The molecule has 1 aromatic rings. The van der Waals surface area contributed by atoms with Gasteiger partial charge in [-0.1, -0.05) is 52.8 Å². The molecule has 60 heavy (non-hydrogen) atoms. The number of ketones is 3. The first-order valence-corrected chi connectivity index (χ1v) is 20.9. The van der Waals surface area contributed by atoms with Crippen molar-refractivity contribution in [1.82, 2.24) is 10.2 Å². The van der Waals surface area contributed by atoms with Gasteiger partial charge in [0.2, 0.25) is 11.6 Å². The van der Waals surface area contributed by atoms with Gasteiger partial charge in [-0.05, 0) is 52.5 Å². The lowest BCUT2D eigenvalue weighted by molar-refractivity contribution is -0.336. The Hall–Kier alpha value is -4.79. The van der Waals surface area contributed by atoms with Crippen molar-refractivity contribution in [2.24, 2.45) is 29.6 Å². The van der Waals surface area contributed by atoms with E-state index in [-0.39, 0.29) is 63.3 Å².